The first-order valence-corrected chi connectivity index (χ1v) is 6.58. The summed E-state index contributed by atoms with van der Waals surface area (Å²) in [6.45, 7) is 0. The fourth-order valence-electron chi connectivity index (χ4n) is 2.11. The maximum atomic E-state index is 5.95. The van der Waals surface area contributed by atoms with Crippen LogP contribution in [-0.4, -0.2) is 17.3 Å². The summed E-state index contributed by atoms with van der Waals surface area (Å²) in [7, 11) is 1.57. The minimum absolute atomic E-state index is 0.311. The summed E-state index contributed by atoms with van der Waals surface area (Å²) >= 11 is 5.92. The van der Waals surface area contributed by atoms with Crippen LogP contribution in [0.2, 0.25) is 5.02 Å². The zero-order chi connectivity index (χ0) is 14.8. The van der Waals surface area contributed by atoms with Gasteiger partial charge >= 0.3 is 0 Å². The lowest BCUT2D eigenvalue weighted by atomic mass is 10.0. The van der Waals surface area contributed by atoms with Gasteiger partial charge in [0.1, 0.15) is 5.75 Å². The summed E-state index contributed by atoms with van der Waals surface area (Å²) < 4.78 is 10.7. The van der Waals surface area contributed by atoms with Crippen molar-refractivity contribution in [2.24, 2.45) is 0 Å². The molecule has 2 heterocycles. The predicted octanol–water partition coefficient (Wildman–Crippen LogP) is 3.65. The minimum atomic E-state index is 0.311. The van der Waals surface area contributed by atoms with E-state index in [1.54, 1.807) is 37.7 Å². The number of ether oxygens (including phenoxy) is 1. The summed E-state index contributed by atoms with van der Waals surface area (Å²) in [6.07, 6.45) is 3.27. The summed E-state index contributed by atoms with van der Waals surface area (Å²) in [6, 6.07) is 9.09. The second kappa shape index (κ2) is 5.46. The van der Waals surface area contributed by atoms with Crippen molar-refractivity contribution in [1.29, 1.82) is 0 Å². The molecule has 1 aromatic carbocycles. The Morgan fingerprint density at radius 1 is 1.19 bits per heavy atom. The summed E-state index contributed by atoms with van der Waals surface area (Å²) in [5, 5.41) is 4.51. The number of nitrogens with zero attached hydrogens (tertiary/aromatic N) is 2. The maximum Gasteiger partial charge on any atom is 0.180 e. The number of aromatic nitrogens is 2. The molecule has 0 unspecified atom stereocenters. The van der Waals surface area contributed by atoms with E-state index in [0.717, 1.165) is 11.1 Å². The van der Waals surface area contributed by atoms with Crippen molar-refractivity contribution in [3.05, 3.63) is 47.7 Å². The highest BCUT2D eigenvalue weighted by Crippen LogP contribution is 2.40. The topological polar surface area (TPSA) is 74.2 Å². The molecule has 0 fully saturated rings. The van der Waals surface area contributed by atoms with Gasteiger partial charge in [0.25, 0.3) is 0 Å². The molecule has 0 bridgehead atoms. The van der Waals surface area contributed by atoms with Gasteiger partial charge in [0.15, 0.2) is 11.6 Å². The molecule has 106 valence electrons. The molecule has 0 radical (unpaired) electrons. The number of pyridine rings is 1. The van der Waals surface area contributed by atoms with Crippen molar-refractivity contribution in [3.8, 4) is 28.2 Å². The molecule has 2 N–H and O–H groups in total. The van der Waals surface area contributed by atoms with E-state index in [1.807, 2.05) is 12.1 Å². The number of hydrogen-bond donors (Lipinski definition) is 1. The van der Waals surface area contributed by atoms with Gasteiger partial charge in [-0.1, -0.05) is 28.9 Å². The van der Waals surface area contributed by atoms with Crippen LogP contribution in [0.15, 0.2) is 47.2 Å². The van der Waals surface area contributed by atoms with Crippen molar-refractivity contribution in [2.45, 2.75) is 0 Å². The van der Waals surface area contributed by atoms with E-state index >= 15 is 0 Å². The normalized spacial score (nSPS) is 10.6. The van der Waals surface area contributed by atoms with Crippen molar-refractivity contribution < 1.29 is 9.26 Å². The third-order valence-corrected chi connectivity index (χ3v) is 3.35. The molecule has 0 aliphatic rings. The van der Waals surface area contributed by atoms with Crippen LogP contribution in [0.1, 0.15) is 0 Å². The molecule has 3 aromatic rings. The molecule has 5 nitrogen and oxygen atoms in total. The summed E-state index contributed by atoms with van der Waals surface area (Å²) in [5.41, 5.74) is 8.26. The molecular weight excluding hydrogens is 290 g/mol. The Bertz CT molecular complexity index is 769. The number of benzene rings is 1. The largest absolute Gasteiger partial charge is 0.494 e. The first kappa shape index (κ1) is 13.5. The second-order valence-electron chi connectivity index (χ2n) is 4.35. The smallest absolute Gasteiger partial charge is 0.180 e. The first-order chi connectivity index (χ1) is 10.2. The predicted molar refractivity (Wildman–Crippen MR) is 81.1 cm³/mol. The van der Waals surface area contributed by atoms with E-state index in [-0.39, 0.29) is 0 Å². The third-order valence-electron chi connectivity index (χ3n) is 3.10. The zero-order valence-electron chi connectivity index (χ0n) is 11.2. The highest BCUT2D eigenvalue weighted by Gasteiger charge is 2.20. The van der Waals surface area contributed by atoms with Gasteiger partial charge in [0.05, 0.1) is 24.4 Å². The lowest BCUT2D eigenvalue weighted by Gasteiger charge is -2.07. The van der Waals surface area contributed by atoms with E-state index in [2.05, 4.69) is 10.1 Å². The number of nitrogens with two attached hydrogens (primary N) is 1. The number of methoxy groups -OCH3 is 1. The highest BCUT2D eigenvalue weighted by atomic mass is 35.5. The van der Waals surface area contributed by atoms with Crippen LogP contribution in [0, 0.1) is 0 Å². The van der Waals surface area contributed by atoms with Gasteiger partial charge in [-0.05, 0) is 23.8 Å². The van der Waals surface area contributed by atoms with E-state index in [1.165, 1.54) is 0 Å². The van der Waals surface area contributed by atoms with Crippen LogP contribution in [0.5, 0.6) is 5.75 Å². The number of hydrogen-bond acceptors (Lipinski definition) is 5. The monoisotopic (exact) mass is 301 g/mol. The van der Waals surface area contributed by atoms with Gasteiger partial charge in [0.2, 0.25) is 0 Å². The fourth-order valence-corrected chi connectivity index (χ4v) is 2.24. The molecule has 6 heteroatoms. The van der Waals surface area contributed by atoms with Crippen molar-refractivity contribution in [1.82, 2.24) is 10.1 Å². The van der Waals surface area contributed by atoms with Crippen LogP contribution in [0.3, 0.4) is 0 Å². The van der Waals surface area contributed by atoms with Gasteiger partial charge in [-0.15, -0.1) is 0 Å². The quantitative estimate of drug-likeness (QED) is 0.799. The Morgan fingerprint density at radius 2 is 1.95 bits per heavy atom. The Hall–Kier alpha value is -2.53. The van der Waals surface area contributed by atoms with E-state index in [4.69, 9.17) is 26.6 Å². The molecule has 0 aliphatic carbocycles. The van der Waals surface area contributed by atoms with Crippen LogP contribution in [-0.2, 0) is 0 Å². The fraction of sp³-hybridized carbons (Fsp3) is 0.0667. The molecule has 0 aliphatic heterocycles. The molecule has 0 saturated carbocycles. The minimum Gasteiger partial charge on any atom is -0.494 e. The highest BCUT2D eigenvalue weighted by molar-refractivity contribution is 6.30. The van der Waals surface area contributed by atoms with Crippen LogP contribution < -0.4 is 10.5 Å². The number of halogens is 1. The molecule has 0 spiro atoms. The molecule has 0 saturated heterocycles. The lowest BCUT2D eigenvalue weighted by molar-refractivity contribution is 0.405. The lowest BCUT2D eigenvalue weighted by Crippen LogP contribution is -1.91. The van der Waals surface area contributed by atoms with Crippen LogP contribution in [0.4, 0.5) is 5.82 Å². The molecule has 0 atom stereocenters. The number of nitrogen functional groups attached to an aromatic ring is 1. The third kappa shape index (κ3) is 2.43. The standard InChI is InChI=1S/C15H12ClN3O2/c1-20-12-8-18-7-6-11(12)14-13(15(17)19-21-14)9-2-4-10(16)5-3-9/h2-8H,1H3,(H2,17,19). The van der Waals surface area contributed by atoms with Crippen molar-refractivity contribution >= 4 is 17.4 Å². The summed E-state index contributed by atoms with van der Waals surface area (Å²) in [4.78, 5) is 4.03. The van der Waals surface area contributed by atoms with Gasteiger partial charge in [-0.2, -0.15) is 0 Å². The Balaban J connectivity index is 2.19. The van der Waals surface area contributed by atoms with Crippen molar-refractivity contribution in [3.63, 3.8) is 0 Å². The summed E-state index contributed by atoms with van der Waals surface area (Å²) in [5.74, 6) is 1.43. The van der Waals surface area contributed by atoms with Crippen molar-refractivity contribution in [2.75, 3.05) is 12.8 Å². The second-order valence-corrected chi connectivity index (χ2v) is 4.79. The number of anilines is 1. The van der Waals surface area contributed by atoms with Gasteiger partial charge < -0.3 is 15.0 Å². The van der Waals surface area contributed by atoms with Crippen LogP contribution >= 0.6 is 11.6 Å². The Kier molecular flexibility index (Phi) is 3.50. The molecule has 21 heavy (non-hydrogen) atoms. The van der Waals surface area contributed by atoms with E-state index in [0.29, 0.717) is 27.9 Å². The van der Waals surface area contributed by atoms with E-state index < -0.39 is 0 Å². The average Bonchev–Trinajstić information content (AvgIpc) is 2.90. The Labute approximate surface area is 126 Å². The van der Waals surface area contributed by atoms with Gasteiger partial charge in [-0.25, -0.2) is 0 Å². The average molecular weight is 302 g/mol. The molecule has 3 rings (SSSR count). The maximum absolute atomic E-state index is 5.95. The van der Waals surface area contributed by atoms with Crippen LogP contribution in [0.25, 0.3) is 22.5 Å². The Morgan fingerprint density at radius 3 is 2.67 bits per heavy atom. The first-order valence-electron chi connectivity index (χ1n) is 6.20. The molecule has 2 aromatic heterocycles. The molecule has 0 amide bonds. The zero-order valence-corrected chi connectivity index (χ0v) is 12.0. The molecular formula is C15H12ClN3O2. The van der Waals surface area contributed by atoms with Gasteiger partial charge in [0, 0.05) is 11.2 Å². The van der Waals surface area contributed by atoms with E-state index in [9.17, 15) is 0 Å². The SMILES string of the molecule is COc1cnccc1-c1onc(N)c1-c1ccc(Cl)cc1. The number of rotatable bonds is 3. The van der Waals surface area contributed by atoms with Gasteiger partial charge in [-0.3, -0.25) is 4.98 Å².